The highest BCUT2D eigenvalue weighted by Gasteiger charge is 2.11. The highest BCUT2D eigenvalue weighted by Crippen LogP contribution is 2.14. The van der Waals surface area contributed by atoms with Gasteiger partial charge in [0.25, 0.3) is 0 Å². The van der Waals surface area contributed by atoms with Gasteiger partial charge in [-0.05, 0) is 31.7 Å². The topological polar surface area (TPSA) is 50.8 Å². The van der Waals surface area contributed by atoms with Gasteiger partial charge in [0, 0.05) is 12.6 Å². The Morgan fingerprint density at radius 3 is 2.71 bits per heavy atom. The smallest absolute Gasteiger partial charge is 0.124 e. The number of halogens is 1. The highest BCUT2D eigenvalue weighted by molar-refractivity contribution is 5.37. The summed E-state index contributed by atoms with van der Waals surface area (Å²) in [5.41, 5.74) is 1.13. The Morgan fingerprint density at radius 2 is 2.12 bits per heavy atom. The van der Waals surface area contributed by atoms with Crippen LogP contribution in [0.1, 0.15) is 24.5 Å². The molecule has 1 aromatic carbocycles. The van der Waals surface area contributed by atoms with E-state index >= 15 is 0 Å². The molecule has 0 bridgehead atoms. The van der Waals surface area contributed by atoms with Gasteiger partial charge in [0.15, 0.2) is 0 Å². The lowest BCUT2D eigenvalue weighted by Crippen LogP contribution is -2.28. The lowest BCUT2D eigenvalue weighted by molar-refractivity contribution is 0.252. The first-order chi connectivity index (χ1) is 8.08. The highest BCUT2D eigenvalue weighted by atomic mass is 19.1. The van der Waals surface area contributed by atoms with Gasteiger partial charge in [-0.15, -0.1) is 0 Å². The number of nitriles is 2. The molecule has 0 saturated heterocycles. The molecule has 0 N–H and O–H groups in total. The minimum atomic E-state index is -0.405. The third kappa shape index (κ3) is 3.55. The van der Waals surface area contributed by atoms with E-state index in [-0.39, 0.29) is 6.04 Å². The molecule has 0 saturated carbocycles. The first kappa shape index (κ1) is 13.2. The Kier molecular flexibility index (Phi) is 4.63. The molecule has 1 rings (SSSR count). The molecular weight excluding hydrogens is 217 g/mol. The van der Waals surface area contributed by atoms with Gasteiger partial charge < -0.3 is 0 Å². The van der Waals surface area contributed by atoms with Crippen molar-refractivity contribution in [1.82, 2.24) is 4.90 Å². The maximum Gasteiger partial charge on any atom is 0.124 e. The second-order valence-corrected chi connectivity index (χ2v) is 4.04. The molecule has 4 heteroatoms. The van der Waals surface area contributed by atoms with E-state index in [1.165, 1.54) is 12.1 Å². The molecule has 1 atom stereocenters. The van der Waals surface area contributed by atoms with Gasteiger partial charge >= 0.3 is 0 Å². The third-order valence-electron chi connectivity index (χ3n) is 2.75. The SMILES string of the molecule is C[C@H](CC#N)N(C)Cc1ccc(F)cc1C#N. The van der Waals surface area contributed by atoms with Gasteiger partial charge in [-0.25, -0.2) is 4.39 Å². The minimum absolute atomic E-state index is 0.108. The largest absolute Gasteiger partial charge is 0.298 e. The molecule has 0 spiro atoms. The normalized spacial score (nSPS) is 11.9. The zero-order valence-electron chi connectivity index (χ0n) is 9.94. The van der Waals surface area contributed by atoms with Crippen LogP contribution in [0.4, 0.5) is 4.39 Å². The Bertz CT molecular complexity index is 471. The van der Waals surface area contributed by atoms with E-state index in [2.05, 4.69) is 6.07 Å². The van der Waals surface area contributed by atoms with E-state index < -0.39 is 5.82 Å². The molecule has 0 aliphatic heterocycles. The van der Waals surface area contributed by atoms with Gasteiger partial charge in [-0.3, -0.25) is 4.90 Å². The van der Waals surface area contributed by atoms with Crippen LogP contribution in [-0.4, -0.2) is 18.0 Å². The predicted molar refractivity (Wildman–Crippen MR) is 62.3 cm³/mol. The molecule has 0 aliphatic rings. The van der Waals surface area contributed by atoms with Crippen molar-refractivity contribution < 1.29 is 4.39 Å². The average molecular weight is 231 g/mol. The van der Waals surface area contributed by atoms with Gasteiger partial charge in [0.2, 0.25) is 0 Å². The monoisotopic (exact) mass is 231 g/mol. The summed E-state index contributed by atoms with van der Waals surface area (Å²) in [6.07, 6.45) is 0.430. The summed E-state index contributed by atoms with van der Waals surface area (Å²) in [6.45, 7) is 2.48. The summed E-state index contributed by atoms with van der Waals surface area (Å²) in [7, 11) is 1.88. The molecule has 0 heterocycles. The summed E-state index contributed by atoms with van der Waals surface area (Å²) in [5, 5.41) is 17.5. The second kappa shape index (κ2) is 5.98. The maximum atomic E-state index is 12.9. The van der Waals surface area contributed by atoms with E-state index in [1.807, 2.05) is 24.9 Å². The van der Waals surface area contributed by atoms with Crippen LogP contribution in [0.25, 0.3) is 0 Å². The van der Waals surface area contributed by atoms with Crippen molar-refractivity contribution in [3.8, 4) is 12.1 Å². The Balaban J connectivity index is 2.82. The standard InChI is InChI=1S/C13H14FN3/c1-10(5-6-15)17(2)9-11-3-4-13(14)7-12(11)8-16/h3-4,7,10H,5,9H2,1-2H3/t10-/m1/s1. The third-order valence-corrected chi connectivity index (χ3v) is 2.75. The summed E-state index contributed by atoms with van der Waals surface area (Å²) >= 11 is 0. The quantitative estimate of drug-likeness (QED) is 0.799. The van der Waals surface area contributed by atoms with Crippen LogP contribution in [0, 0.1) is 28.5 Å². The van der Waals surface area contributed by atoms with Gasteiger partial charge in [0.05, 0.1) is 24.1 Å². The predicted octanol–water partition coefficient (Wildman–Crippen LogP) is 2.43. The number of hydrogen-bond donors (Lipinski definition) is 0. The zero-order chi connectivity index (χ0) is 12.8. The van der Waals surface area contributed by atoms with Crippen molar-refractivity contribution in [2.75, 3.05) is 7.05 Å². The molecule has 1 aromatic rings. The molecule has 88 valence electrons. The molecule has 3 nitrogen and oxygen atoms in total. The van der Waals surface area contributed by atoms with Crippen molar-refractivity contribution in [2.24, 2.45) is 0 Å². The molecule has 0 radical (unpaired) electrons. The van der Waals surface area contributed by atoms with Gasteiger partial charge in [0.1, 0.15) is 5.82 Å². The second-order valence-electron chi connectivity index (χ2n) is 4.04. The first-order valence-electron chi connectivity index (χ1n) is 5.34. The number of hydrogen-bond acceptors (Lipinski definition) is 3. The minimum Gasteiger partial charge on any atom is -0.298 e. The number of nitrogens with zero attached hydrogens (tertiary/aromatic N) is 3. The van der Waals surface area contributed by atoms with Crippen molar-refractivity contribution in [2.45, 2.75) is 25.9 Å². The van der Waals surface area contributed by atoms with Crippen molar-refractivity contribution >= 4 is 0 Å². The zero-order valence-corrected chi connectivity index (χ0v) is 9.94. The fourth-order valence-electron chi connectivity index (χ4n) is 1.50. The molecule has 0 aromatic heterocycles. The maximum absolute atomic E-state index is 12.9. The van der Waals surface area contributed by atoms with Crippen LogP contribution in [-0.2, 0) is 6.54 Å². The van der Waals surface area contributed by atoms with Gasteiger partial charge in [-0.1, -0.05) is 6.07 Å². The van der Waals surface area contributed by atoms with Crippen LogP contribution in [0.5, 0.6) is 0 Å². The first-order valence-corrected chi connectivity index (χ1v) is 5.34. The van der Waals surface area contributed by atoms with Crippen molar-refractivity contribution in [3.63, 3.8) is 0 Å². The van der Waals surface area contributed by atoms with Crippen LogP contribution >= 0.6 is 0 Å². The van der Waals surface area contributed by atoms with E-state index in [0.717, 1.165) is 5.56 Å². The van der Waals surface area contributed by atoms with Crippen LogP contribution in [0.15, 0.2) is 18.2 Å². The lowest BCUT2D eigenvalue weighted by Gasteiger charge is -2.22. The lowest BCUT2D eigenvalue weighted by atomic mass is 10.1. The molecule has 0 aliphatic carbocycles. The van der Waals surface area contributed by atoms with Crippen molar-refractivity contribution in [1.29, 1.82) is 10.5 Å². The van der Waals surface area contributed by atoms with E-state index in [0.29, 0.717) is 18.5 Å². The van der Waals surface area contributed by atoms with Crippen molar-refractivity contribution in [3.05, 3.63) is 35.1 Å². The molecule has 0 amide bonds. The molecular formula is C13H14FN3. The van der Waals surface area contributed by atoms with Crippen LogP contribution < -0.4 is 0 Å². The Hall–Kier alpha value is -1.91. The Morgan fingerprint density at radius 1 is 1.41 bits per heavy atom. The molecule has 0 unspecified atom stereocenters. The number of benzene rings is 1. The summed E-state index contributed by atoms with van der Waals surface area (Å²) in [6, 6.07) is 8.39. The van der Waals surface area contributed by atoms with E-state index in [4.69, 9.17) is 10.5 Å². The number of rotatable bonds is 4. The fraction of sp³-hybridized carbons (Fsp3) is 0.385. The van der Waals surface area contributed by atoms with Crippen LogP contribution in [0.3, 0.4) is 0 Å². The fourth-order valence-corrected chi connectivity index (χ4v) is 1.50. The van der Waals surface area contributed by atoms with E-state index in [1.54, 1.807) is 6.07 Å². The molecule has 17 heavy (non-hydrogen) atoms. The summed E-state index contributed by atoms with van der Waals surface area (Å²) < 4.78 is 12.9. The van der Waals surface area contributed by atoms with Gasteiger partial charge in [-0.2, -0.15) is 10.5 Å². The molecule has 0 fully saturated rings. The van der Waals surface area contributed by atoms with E-state index in [9.17, 15) is 4.39 Å². The summed E-state index contributed by atoms with van der Waals surface area (Å²) in [5.74, 6) is -0.405. The average Bonchev–Trinajstić information content (AvgIpc) is 2.31. The summed E-state index contributed by atoms with van der Waals surface area (Å²) in [4.78, 5) is 1.97. The van der Waals surface area contributed by atoms with Crippen LogP contribution in [0.2, 0.25) is 0 Å². The Labute approximate surface area is 101 Å².